The average Bonchev–Trinajstić information content (AvgIpc) is 2.63. The number of thiazole rings is 1. The number of hydrogen-bond donors (Lipinski definition) is 1. The highest BCUT2D eigenvalue weighted by Gasteiger charge is 2.27. The molecule has 2 rings (SSSR count). The Morgan fingerprint density at radius 3 is 3.00 bits per heavy atom. The van der Waals surface area contributed by atoms with Gasteiger partial charge in [0, 0.05) is 35.8 Å². The first kappa shape index (κ1) is 13.4. The van der Waals surface area contributed by atoms with E-state index in [1.165, 1.54) is 22.9 Å². The van der Waals surface area contributed by atoms with Crippen molar-refractivity contribution in [2.24, 2.45) is 5.41 Å². The Balaban J connectivity index is 1.71. The quantitative estimate of drug-likeness (QED) is 0.910. The van der Waals surface area contributed by atoms with Crippen LogP contribution in [0.15, 0.2) is 5.38 Å². The van der Waals surface area contributed by atoms with Crippen LogP contribution in [-0.2, 0) is 6.42 Å². The van der Waals surface area contributed by atoms with Gasteiger partial charge in [0.25, 0.3) is 0 Å². The van der Waals surface area contributed by atoms with Gasteiger partial charge in [-0.3, -0.25) is 0 Å². The monoisotopic (exact) mass is 270 g/mol. The third-order valence-corrected chi connectivity index (χ3v) is 5.70. The van der Waals surface area contributed by atoms with Crippen molar-refractivity contribution in [3.05, 3.63) is 16.1 Å². The lowest BCUT2D eigenvalue weighted by atomic mass is 9.88. The van der Waals surface area contributed by atoms with Gasteiger partial charge in [0.05, 0.1) is 5.01 Å². The van der Waals surface area contributed by atoms with E-state index in [2.05, 4.69) is 48.2 Å². The maximum atomic E-state index is 4.50. The Labute approximate surface area is 113 Å². The van der Waals surface area contributed by atoms with Crippen molar-refractivity contribution in [3.63, 3.8) is 0 Å². The normalized spacial score (nSPS) is 23.8. The van der Waals surface area contributed by atoms with Crippen LogP contribution in [0.4, 0.5) is 0 Å². The van der Waals surface area contributed by atoms with Gasteiger partial charge < -0.3 is 5.32 Å². The Kier molecular flexibility index (Phi) is 4.50. The molecule has 0 bridgehead atoms. The van der Waals surface area contributed by atoms with Crippen LogP contribution in [0.25, 0.3) is 0 Å². The molecule has 1 N–H and O–H groups in total. The molecule has 2 nitrogen and oxygen atoms in total. The van der Waals surface area contributed by atoms with Crippen molar-refractivity contribution in [2.75, 3.05) is 18.1 Å². The molecule has 1 aromatic heterocycles. The van der Waals surface area contributed by atoms with E-state index in [9.17, 15) is 0 Å². The molecule has 1 aliphatic rings. The minimum atomic E-state index is 0.498. The van der Waals surface area contributed by atoms with Crippen molar-refractivity contribution in [3.8, 4) is 0 Å². The SMILES string of the molecule is Cc1csc(CCNC2CSCC(C)(C)C2)n1. The van der Waals surface area contributed by atoms with Crippen LogP contribution >= 0.6 is 23.1 Å². The molecule has 0 aromatic carbocycles. The minimum absolute atomic E-state index is 0.498. The summed E-state index contributed by atoms with van der Waals surface area (Å²) in [5.41, 5.74) is 1.65. The number of hydrogen-bond acceptors (Lipinski definition) is 4. The number of thioether (sulfide) groups is 1. The Hall–Kier alpha value is -0.0600. The van der Waals surface area contributed by atoms with E-state index >= 15 is 0 Å². The fourth-order valence-corrected chi connectivity index (χ4v) is 4.38. The lowest BCUT2D eigenvalue weighted by Gasteiger charge is -2.35. The third kappa shape index (κ3) is 4.27. The first-order valence-corrected chi connectivity index (χ1v) is 8.31. The van der Waals surface area contributed by atoms with Gasteiger partial charge in [-0.2, -0.15) is 11.8 Å². The van der Waals surface area contributed by atoms with E-state index in [1.54, 1.807) is 11.3 Å². The van der Waals surface area contributed by atoms with Crippen molar-refractivity contribution in [1.82, 2.24) is 10.3 Å². The van der Waals surface area contributed by atoms with E-state index in [1.807, 2.05) is 0 Å². The van der Waals surface area contributed by atoms with Crippen LogP contribution in [0.2, 0.25) is 0 Å². The molecule has 0 radical (unpaired) electrons. The molecule has 0 aliphatic carbocycles. The summed E-state index contributed by atoms with van der Waals surface area (Å²) >= 11 is 3.86. The van der Waals surface area contributed by atoms with Gasteiger partial charge in [0.2, 0.25) is 0 Å². The van der Waals surface area contributed by atoms with E-state index in [0.717, 1.165) is 18.7 Å². The highest BCUT2D eigenvalue weighted by molar-refractivity contribution is 7.99. The minimum Gasteiger partial charge on any atom is -0.313 e. The number of nitrogens with one attached hydrogen (secondary N) is 1. The predicted molar refractivity (Wildman–Crippen MR) is 78.1 cm³/mol. The molecule has 1 atom stereocenters. The van der Waals surface area contributed by atoms with Gasteiger partial charge in [-0.25, -0.2) is 4.98 Å². The maximum Gasteiger partial charge on any atom is 0.0940 e. The fourth-order valence-electron chi connectivity index (χ4n) is 2.29. The van der Waals surface area contributed by atoms with Gasteiger partial charge in [0.1, 0.15) is 0 Å². The van der Waals surface area contributed by atoms with Crippen LogP contribution in [0.1, 0.15) is 31.0 Å². The summed E-state index contributed by atoms with van der Waals surface area (Å²) in [6.45, 7) is 7.87. The summed E-state index contributed by atoms with van der Waals surface area (Å²) in [6, 6.07) is 0.685. The largest absolute Gasteiger partial charge is 0.313 e. The van der Waals surface area contributed by atoms with Gasteiger partial charge >= 0.3 is 0 Å². The molecule has 1 aromatic rings. The molecule has 0 amide bonds. The van der Waals surface area contributed by atoms with Crippen molar-refractivity contribution >= 4 is 23.1 Å². The smallest absolute Gasteiger partial charge is 0.0940 e. The molecule has 0 saturated carbocycles. The first-order valence-electron chi connectivity index (χ1n) is 6.27. The number of aryl methyl sites for hydroxylation is 1. The molecule has 2 heterocycles. The zero-order chi connectivity index (χ0) is 12.3. The summed E-state index contributed by atoms with van der Waals surface area (Å²) in [5, 5.41) is 7.08. The third-order valence-electron chi connectivity index (χ3n) is 3.05. The molecular formula is C13H22N2S2. The van der Waals surface area contributed by atoms with Crippen molar-refractivity contribution < 1.29 is 0 Å². The second-order valence-electron chi connectivity index (χ2n) is 5.67. The molecule has 1 fully saturated rings. The Morgan fingerprint density at radius 1 is 1.53 bits per heavy atom. The van der Waals surface area contributed by atoms with Crippen LogP contribution in [0, 0.1) is 12.3 Å². The molecule has 1 aliphatic heterocycles. The van der Waals surface area contributed by atoms with E-state index in [0.29, 0.717) is 11.5 Å². The van der Waals surface area contributed by atoms with Crippen molar-refractivity contribution in [2.45, 2.75) is 39.7 Å². The average molecular weight is 270 g/mol. The lowest BCUT2D eigenvalue weighted by Crippen LogP contribution is -2.41. The second kappa shape index (κ2) is 5.72. The summed E-state index contributed by atoms with van der Waals surface area (Å²) in [4.78, 5) is 4.50. The molecular weight excluding hydrogens is 248 g/mol. The fraction of sp³-hybridized carbons (Fsp3) is 0.769. The number of nitrogens with zero attached hydrogens (tertiary/aromatic N) is 1. The van der Waals surface area contributed by atoms with Gasteiger partial charge in [0.15, 0.2) is 0 Å². The molecule has 1 unspecified atom stereocenters. The van der Waals surface area contributed by atoms with Gasteiger partial charge in [-0.05, 0) is 24.5 Å². The molecule has 4 heteroatoms. The predicted octanol–water partition coefficient (Wildman–Crippen LogP) is 3.12. The zero-order valence-electron chi connectivity index (χ0n) is 11.0. The molecule has 17 heavy (non-hydrogen) atoms. The summed E-state index contributed by atoms with van der Waals surface area (Å²) < 4.78 is 0. The van der Waals surface area contributed by atoms with E-state index < -0.39 is 0 Å². The Bertz CT molecular complexity index is 360. The van der Waals surface area contributed by atoms with Gasteiger partial charge in [-0.1, -0.05) is 13.8 Å². The number of rotatable bonds is 4. The summed E-state index contributed by atoms with van der Waals surface area (Å²) in [6.07, 6.45) is 2.37. The Morgan fingerprint density at radius 2 is 2.35 bits per heavy atom. The first-order chi connectivity index (χ1) is 8.05. The highest BCUT2D eigenvalue weighted by atomic mass is 32.2. The second-order valence-corrected chi connectivity index (χ2v) is 7.64. The van der Waals surface area contributed by atoms with Crippen LogP contribution in [0.5, 0.6) is 0 Å². The highest BCUT2D eigenvalue weighted by Crippen LogP contribution is 2.33. The van der Waals surface area contributed by atoms with Crippen LogP contribution in [0.3, 0.4) is 0 Å². The van der Waals surface area contributed by atoms with E-state index in [-0.39, 0.29) is 0 Å². The van der Waals surface area contributed by atoms with Crippen LogP contribution < -0.4 is 5.32 Å². The molecule has 96 valence electrons. The molecule has 1 saturated heterocycles. The maximum absolute atomic E-state index is 4.50. The zero-order valence-corrected chi connectivity index (χ0v) is 12.6. The van der Waals surface area contributed by atoms with Crippen molar-refractivity contribution in [1.29, 1.82) is 0 Å². The van der Waals surface area contributed by atoms with Gasteiger partial charge in [-0.15, -0.1) is 11.3 Å². The summed E-state index contributed by atoms with van der Waals surface area (Å²) in [5.74, 6) is 2.57. The summed E-state index contributed by atoms with van der Waals surface area (Å²) in [7, 11) is 0. The van der Waals surface area contributed by atoms with Crippen LogP contribution in [-0.4, -0.2) is 29.1 Å². The lowest BCUT2D eigenvalue weighted by molar-refractivity contribution is 0.319. The number of aromatic nitrogens is 1. The molecule has 0 spiro atoms. The standard InChI is InChI=1S/C13H22N2S2/c1-10-7-17-12(15-10)4-5-14-11-6-13(2,3)9-16-8-11/h7,11,14H,4-6,8-9H2,1-3H3. The van der Waals surface area contributed by atoms with E-state index in [4.69, 9.17) is 0 Å². The topological polar surface area (TPSA) is 24.9 Å².